The summed E-state index contributed by atoms with van der Waals surface area (Å²) in [6, 6.07) is 20.6. The molecule has 0 aromatic heterocycles. The van der Waals surface area contributed by atoms with Gasteiger partial charge in [0.15, 0.2) is 0 Å². The lowest BCUT2D eigenvalue weighted by Crippen LogP contribution is -2.32. The Kier molecular flexibility index (Phi) is 6.55. The van der Waals surface area contributed by atoms with Crippen LogP contribution >= 0.6 is 0 Å². The fourth-order valence-corrected chi connectivity index (χ4v) is 3.84. The van der Waals surface area contributed by atoms with Crippen LogP contribution in [0, 0.1) is 26.7 Å². The van der Waals surface area contributed by atoms with Crippen molar-refractivity contribution in [3.63, 3.8) is 0 Å². The van der Waals surface area contributed by atoms with E-state index in [0.717, 1.165) is 28.1 Å². The van der Waals surface area contributed by atoms with Gasteiger partial charge in [-0.25, -0.2) is 4.90 Å². The molecule has 174 valence electrons. The summed E-state index contributed by atoms with van der Waals surface area (Å²) in [6.07, 6.45) is 0. The van der Waals surface area contributed by atoms with Crippen molar-refractivity contribution in [1.29, 1.82) is 0 Å². The van der Waals surface area contributed by atoms with Gasteiger partial charge in [-0.1, -0.05) is 55.8 Å². The van der Waals surface area contributed by atoms with Crippen molar-refractivity contribution < 1.29 is 14.3 Å². The number of amides is 2. The van der Waals surface area contributed by atoms with E-state index in [1.807, 2.05) is 75.4 Å². The number of aryl methyl sites for hydroxylation is 2. The fraction of sp³-hybridized carbons (Fsp3) is 0.241. The number of carbonyl (C=O) groups excluding carboxylic acids is 2. The Morgan fingerprint density at radius 1 is 0.853 bits per heavy atom. The molecule has 3 aromatic carbocycles. The van der Waals surface area contributed by atoms with Gasteiger partial charge in [0.25, 0.3) is 11.8 Å². The van der Waals surface area contributed by atoms with E-state index < -0.39 is 0 Å². The fourth-order valence-electron chi connectivity index (χ4n) is 3.84. The van der Waals surface area contributed by atoms with Gasteiger partial charge in [-0.15, -0.1) is 0 Å². The highest BCUT2D eigenvalue weighted by molar-refractivity contribution is 6.46. The van der Waals surface area contributed by atoms with Crippen LogP contribution in [0.25, 0.3) is 5.57 Å². The second-order valence-electron chi connectivity index (χ2n) is 9.13. The first-order valence-corrected chi connectivity index (χ1v) is 11.5. The van der Waals surface area contributed by atoms with Gasteiger partial charge in [-0.3, -0.25) is 9.59 Å². The van der Waals surface area contributed by atoms with E-state index in [4.69, 9.17) is 4.74 Å². The standard InChI is InChI=1S/C29H30N2O3/c1-18(2)17-34-24-15-11-22(12-16-24)26-27(30-25-8-6-7-20(4)21(25)5)29(33)31(28(26)32)23-13-9-19(3)10-14-23/h6-16,18,30H,17H2,1-5H3. The molecule has 0 bridgehead atoms. The van der Waals surface area contributed by atoms with E-state index in [2.05, 4.69) is 19.2 Å². The van der Waals surface area contributed by atoms with Crippen LogP contribution in [-0.4, -0.2) is 18.4 Å². The molecule has 0 saturated carbocycles. The van der Waals surface area contributed by atoms with Crippen LogP contribution in [0.4, 0.5) is 11.4 Å². The molecule has 1 aliphatic rings. The van der Waals surface area contributed by atoms with Crippen molar-refractivity contribution >= 4 is 28.8 Å². The zero-order valence-electron chi connectivity index (χ0n) is 20.3. The van der Waals surface area contributed by atoms with Gasteiger partial charge < -0.3 is 10.1 Å². The molecule has 0 unspecified atom stereocenters. The number of nitrogens with one attached hydrogen (secondary N) is 1. The van der Waals surface area contributed by atoms with E-state index in [0.29, 0.717) is 29.3 Å². The summed E-state index contributed by atoms with van der Waals surface area (Å²) < 4.78 is 5.79. The van der Waals surface area contributed by atoms with Crippen molar-refractivity contribution in [2.24, 2.45) is 5.92 Å². The predicted molar refractivity (Wildman–Crippen MR) is 137 cm³/mol. The number of rotatable bonds is 7. The Bertz CT molecular complexity index is 1260. The molecule has 0 saturated heterocycles. The Hall–Kier alpha value is -3.86. The van der Waals surface area contributed by atoms with Crippen LogP contribution < -0.4 is 15.0 Å². The van der Waals surface area contributed by atoms with Crippen LogP contribution in [0.3, 0.4) is 0 Å². The lowest BCUT2D eigenvalue weighted by Gasteiger charge is -2.16. The summed E-state index contributed by atoms with van der Waals surface area (Å²) in [5.74, 6) is 0.421. The average molecular weight is 455 g/mol. The zero-order valence-corrected chi connectivity index (χ0v) is 20.3. The first kappa shape index (κ1) is 23.3. The number of anilines is 2. The van der Waals surface area contributed by atoms with E-state index >= 15 is 0 Å². The molecule has 0 fully saturated rings. The number of hydrogen-bond donors (Lipinski definition) is 1. The van der Waals surface area contributed by atoms with Crippen LogP contribution in [0.1, 0.15) is 36.1 Å². The van der Waals surface area contributed by atoms with E-state index in [1.54, 1.807) is 12.1 Å². The molecule has 1 aliphatic heterocycles. The third-order valence-electron chi connectivity index (χ3n) is 5.97. The smallest absolute Gasteiger partial charge is 0.282 e. The number of hydrogen-bond acceptors (Lipinski definition) is 4. The molecular formula is C29H30N2O3. The number of carbonyl (C=O) groups is 2. The van der Waals surface area contributed by atoms with Gasteiger partial charge in [-0.05, 0) is 73.7 Å². The maximum Gasteiger partial charge on any atom is 0.282 e. The van der Waals surface area contributed by atoms with Crippen molar-refractivity contribution in [3.05, 3.63) is 94.7 Å². The maximum atomic E-state index is 13.6. The lowest BCUT2D eigenvalue weighted by atomic mass is 10.0. The molecule has 0 spiro atoms. The van der Waals surface area contributed by atoms with Gasteiger partial charge in [-0.2, -0.15) is 0 Å². The number of nitrogens with zero attached hydrogens (tertiary/aromatic N) is 1. The van der Waals surface area contributed by atoms with Gasteiger partial charge in [0, 0.05) is 5.69 Å². The highest BCUT2D eigenvalue weighted by Gasteiger charge is 2.40. The highest BCUT2D eigenvalue weighted by atomic mass is 16.5. The molecule has 34 heavy (non-hydrogen) atoms. The maximum absolute atomic E-state index is 13.6. The first-order chi connectivity index (χ1) is 16.3. The average Bonchev–Trinajstić information content (AvgIpc) is 3.06. The molecule has 0 atom stereocenters. The minimum absolute atomic E-state index is 0.273. The minimum atomic E-state index is -0.370. The Morgan fingerprint density at radius 2 is 1.53 bits per heavy atom. The molecule has 1 heterocycles. The highest BCUT2D eigenvalue weighted by Crippen LogP contribution is 2.35. The van der Waals surface area contributed by atoms with Crippen molar-refractivity contribution in [2.75, 3.05) is 16.8 Å². The summed E-state index contributed by atoms with van der Waals surface area (Å²) in [5, 5.41) is 3.28. The normalized spacial score (nSPS) is 13.8. The summed E-state index contributed by atoms with van der Waals surface area (Å²) in [7, 11) is 0. The molecule has 0 aliphatic carbocycles. The summed E-state index contributed by atoms with van der Waals surface area (Å²) in [5.41, 5.74) is 5.83. The van der Waals surface area contributed by atoms with Gasteiger partial charge >= 0.3 is 0 Å². The second kappa shape index (κ2) is 9.56. The Labute approximate surface area is 201 Å². The van der Waals surface area contributed by atoms with Crippen molar-refractivity contribution in [1.82, 2.24) is 0 Å². The molecular weight excluding hydrogens is 424 g/mol. The van der Waals surface area contributed by atoms with Crippen molar-refractivity contribution in [3.8, 4) is 5.75 Å². The molecule has 0 radical (unpaired) electrons. The molecule has 4 rings (SSSR count). The molecule has 1 N–H and O–H groups in total. The lowest BCUT2D eigenvalue weighted by molar-refractivity contribution is -0.120. The number of imide groups is 1. The molecule has 3 aromatic rings. The van der Waals surface area contributed by atoms with Crippen molar-refractivity contribution in [2.45, 2.75) is 34.6 Å². The minimum Gasteiger partial charge on any atom is -0.493 e. The second-order valence-corrected chi connectivity index (χ2v) is 9.13. The Morgan fingerprint density at radius 3 is 2.18 bits per heavy atom. The summed E-state index contributed by atoms with van der Waals surface area (Å²) >= 11 is 0. The Balaban J connectivity index is 1.76. The predicted octanol–water partition coefficient (Wildman–Crippen LogP) is 6.04. The van der Waals surface area contributed by atoms with Gasteiger partial charge in [0.2, 0.25) is 0 Å². The van der Waals surface area contributed by atoms with Crippen LogP contribution in [-0.2, 0) is 9.59 Å². The third kappa shape index (κ3) is 4.60. The monoisotopic (exact) mass is 454 g/mol. The van der Waals surface area contributed by atoms with Crippen LogP contribution in [0.5, 0.6) is 5.75 Å². The topological polar surface area (TPSA) is 58.6 Å². The molecule has 5 heteroatoms. The number of benzene rings is 3. The third-order valence-corrected chi connectivity index (χ3v) is 5.97. The molecule has 5 nitrogen and oxygen atoms in total. The quantitative estimate of drug-likeness (QED) is 0.442. The first-order valence-electron chi connectivity index (χ1n) is 11.5. The van der Waals surface area contributed by atoms with Gasteiger partial charge in [0.05, 0.1) is 17.9 Å². The summed E-state index contributed by atoms with van der Waals surface area (Å²) in [4.78, 5) is 28.5. The molecule has 2 amide bonds. The van der Waals surface area contributed by atoms with E-state index in [-0.39, 0.29) is 17.5 Å². The van der Waals surface area contributed by atoms with Gasteiger partial charge in [0.1, 0.15) is 11.4 Å². The van der Waals surface area contributed by atoms with Crippen LogP contribution in [0.15, 0.2) is 72.4 Å². The van der Waals surface area contributed by atoms with E-state index in [9.17, 15) is 9.59 Å². The largest absolute Gasteiger partial charge is 0.493 e. The SMILES string of the molecule is Cc1ccc(N2C(=O)C(Nc3cccc(C)c3C)=C(c3ccc(OCC(C)C)cc3)C2=O)cc1. The number of ether oxygens (including phenoxy) is 1. The summed E-state index contributed by atoms with van der Waals surface area (Å²) in [6.45, 7) is 10.8. The van der Waals surface area contributed by atoms with Crippen LogP contribution in [0.2, 0.25) is 0 Å². The zero-order chi connectivity index (χ0) is 24.4. The van der Waals surface area contributed by atoms with E-state index in [1.165, 1.54) is 4.90 Å².